The fourth-order valence-electron chi connectivity index (χ4n) is 1.47. The first kappa shape index (κ1) is 9.40. The van der Waals surface area contributed by atoms with Crippen LogP contribution in [-0.2, 0) is 12.4 Å². The predicted molar refractivity (Wildman–Crippen MR) is 59.6 cm³/mol. The molecule has 0 radical (unpaired) electrons. The van der Waals surface area contributed by atoms with Crippen LogP contribution >= 0.6 is 15.9 Å². The van der Waals surface area contributed by atoms with Crippen LogP contribution < -0.4 is 5.56 Å². The van der Waals surface area contributed by atoms with Gasteiger partial charge in [0, 0.05) is 17.8 Å². The zero-order chi connectivity index (χ0) is 10.1. The quantitative estimate of drug-likeness (QED) is 0.726. The van der Waals surface area contributed by atoms with Gasteiger partial charge in [-0.25, -0.2) is 4.68 Å². The molecule has 2 rings (SSSR count). The first-order valence-corrected chi connectivity index (χ1v) is 5.37. The third kappa shape index (κ3) is 1.35. The van der Waals surface area contributed by atoms with Gasteiger partial charge in [-0.05, 0) is 6.07 Å². The predicted octanol–water partition coefficient (Wildman–Crippen LogP) is 1.83. The molecule has 0 amide bonds. The van der Waals surface area contributed by atoms with Crippen molar-refractivity contribution in [2.45, 2.75) is 5.33 Å². The highest BCUT2D eigenvalue weighted by molar-refractivity contribution is 9.08. The molecule has 72 valence electrons. The normalized spacial score (nSPS) is 10.7. The summed E-state index contributed by atoms with van der Waals surface area (Å²) in [6, 6.07) is 7.52. The van der Waals surface area contributed by atoms with E-state index in [0.29, 0.717) is 5.33 Å². The number of hydrogen-bond donors (Lipinski definition) is 0. The van der Waals surface area contributed by atoms with E-state index < -0.39 is 0 Å². The number of fused-ring (bicyclic) bond motifs is 1. The summed E-state index contributed by atoms with van der Waals surface area (Å²) in [5.41, 5.74) is 0.841. The lowest BCUT2D eigenvalue weighted by Gasteiger charge is -2.04. The van der Waals surface area contributed by atoms with Crippen molar-refractivity contribution >= 4 is 26.7 Å². The number of nitrogens with zero attached hydrogens (tertiary/aromatic N) is 2. The molecular formula is C10H9BrN2O. The van der Waals surface area contributed by atoms with Gasteiger partial charge in [0.15, 0.2) is 0 Å². The maximum atomic E-state index is 11.7. The summed E-state index contributed by atoms with van der Waals surface area (Å²) < 4.78 is 1.37. The molecular weight excluding hydrogens is 244 g/mol. The average Bonchev–Trinajstić information content (AvgIpc) is 2.23. The molecule has 1 aromatic carbocycles. The smallest absolute Gasteiger partial charge is 0.267 e. The Labute approximate surface area is 89.5 Å². The van der Waals surface area contributed by atoms with E-state index in [1.165, 1.54) is 4.68 Å². The van der Waals surface area contributed by atoms with Crippen molar-refractivity contribution in [2.75, 3.05) is 0 Å². The number of benzene rings is 1. The van der Waals surface area contributed by atoms with Crippen LogP contribution in [0.4, 0.5) is 0 Å². The largest absolute Gasteiger partial charge is 0.274 e. The second kappa shape index (κ2) is 3.53. The minimum absolute atomic E-state index is 0.0506. The van der Waals surface area contributed by atoms with E-state index in [2.05, 4.69) is 21.0 Å². The highest BCUT2D eigenvalue weighted by Gasteiger charge is 2.05. The van der Waals surface area contributed by atoms with Crippen molar-refractivity contribution in [2.24, 2.45) is 7.05 Å². The van der Waals surface area contributed by atoms with E-state index in [0.717, 1.165) is 16.5 Å². The molecule has 0 atom stereocenters. The molecule has 0 fully saturated rings. The highest BCUT2D eigenvalue weighted by Crippen LogP contribution is 2.14. The monoisotopic (exact) mass is 252 g/mol. The van der Waals surface area contributed by atoms with Crippen LogP contribution in [0.2, 0.25) is 0 Å². The minimum Gasteiger partial charge on any atom is -0.267 e. The van der Waals surface area contributed by atoms with Gasteiger partial charge in [-0.2, -0.15) is 5.10 Å². The van der Waals surface area contributed by atoms with E-state index in [4.69, 9.17) is 0 Å². The molecule has 2 aromatic rings. The van der Waals surface area contributed by atoms with Gasteiger partial charge in [-0.1, -0.05) is 34.1 Å². The molecule has 0 aliphatic heterocycles. The van der Waals surface area contributed by atoms with Crippen LogP contribution in [0.1, 0.15) is 5.69 Å². The van der Waals surface area contributed by atoms with Crippen LogP contribution in [0, 0.1) is 0 Å². The molecule has 3 nitrogen and oxygen atoms in total. The second-order valence-electron chi connectivity index (χ2n) is 3.05. The number of hydrogen-bond acceptors (Lipinski definition) is 2. The van der Waals surface area contributed by atoms with Gasteiger partial charge in [0.25, 0.3) is 5.56 Å². The summed E-state index contributed by atoms with van der Waals surface area (Å²) in [5.74, 6) is 0. The molecule has 1 aromatic heterocycles. The zero-order valence-electron chi connectivity index (χ0n) is 7.70. The fraction of sp³-hybridized carbons (Fsp3) is 0.200. The van der Waals surface area contributed by atoms with E-state index >= 15 is 0 Å². The summed E-state index contributed by atoms with van der Waals surface area (Å²) in [6.45, 7) is 0. The molecule has 0 saturated heterocycles. The van der Waals surface area contributed by atoms with Gasteiger partial charge >= 0.3 is 0 Å². The van der Waals surface area contributed by atoms with Crippen LogP contribution in [0.5, 0.6) is 0 Å². The third-order valence-corrected chi connectivity index (χ3v) is 2.69. The average molecular weight is 253 g/mol. The molecule has 0 N–H and O–H groups in total. The number of alkyl halides is 1. The van der Waals surface area contributed by atoms with Crippen molar-refractivity contribution in [3.63, 3.8) is 0 Å². The molecule has 0 unspecified atom stereocenters. The molecule has 0 saturated carbocycles. The second-order valence-corrected chi connectivity index (χ2v) is 3.62. The van der Waals surface area contributed by atoms with Gasteiger partial charge in [0.05, 0.1) is 11.1 Å². The lowest BCUT2D eigenvalue weighted by atomic mass is 10.1. The van der Waals surface area contributed by atoms with E-state index in [1.54, 1.807) is 7.05 Å². The summed E-state index contributed by atoms with van der Waals surface area (Å²) >= 11 is 3.36. The maximum absolute atomic E-state index is 11.7. The molecule has 14 heavy (non-hydrogen) atoms. The molecule has 0 spiro atoms. The molecule has 0 aliphatic rings. The van der Waals surface area contributed by atoms with Crippen LogP contribution in [0.25, 0.3) is 10.8 Å². The van der Waals surface area contributed by atoms with E-state index in [9.17, 15) is 4.79 Å². The van der Waals surface area contributed by atoms with Gasteiger partial charge in [0.2, 0.25) is 0 Å². The zero-order valence-corrected chi connectivity index (χ0v) is 9.28. The number of halogens is 1. The first-order chi connectivity index (χ1) is 6.74. The van der Waals surface area contributed by atoms with Crippen LogP contribution in [0.15, 0.2) is 29.1 Å². The van der Waals surface area contributed by atoms with E-state index in [1.807, 2.05) is 24.3 Å². The highest BCUT2D eigenvalue weighted by atomic mass is 79.9. The van der Waals surface area contributed by atoms with Crippen molar-refractivity contribution in [3.05, 3.63) is 40.3 Å². The van der Waals surface area contributed by atoms with Crippen LogP contribution in [0.3, 0.4) is 0 Å². The number of aryl methyl sites for hydroxylation is 1. The Morgan fingerprint density at radius 3 is 2.64 bits per heavy atom. The molecule has 0 aliphatic carbocycles. The van der Waals surface area contributed by atoms with Crippen molar-refractivity contribution in [1.29, 1.82) is 0 Å². The van der Waals surface area contributed by atoms with Crippen molar-refractivity contribution in [1.82, 2.24) is 9.78 Å². The standard InChI is InChI=1S/C10H9BrN2O/c1-13-10(14)8-5-3-2-4-7(8)9(6-11)12-13/h2-5H,6H2,1H3. The summed E-state index contributed by atoms with van der Waals surface area (Å²) in [7, 11) is 1.67. The minimum atomic E-state index is -0.0506. The van der Waals surface area contributed by atoms with E-state index in [-0.39, 0.29) is 5.56 Å². The summed E-state index contributed by atoms with van der Waals surface area (Å²) in [6.07, 6.45) is 0. The van der Waals surface area contributed by atoms with Gasteiger partial charge in [0.1, 0.15) is 0 Å². The Bertz CT molecular complexity index is 533. The van der Waals surface area contributed by atoms with Gasteiger partial charge < -0.3 is 0 Å². The lowest BCUT2D eigenvalue weighted by molar-refractivity contribution is 0.703. The number of rotatable bonds is 1. The SMILES string of the molecule is Cn1nc(CBr)c2ccccc2c1=O. The Morgan fingerprint density at radius 1 is 1.36 bits per heavy atom. The summed E-state index contributed by atoms with van der Waals surface area (Å²) in [4.78, 5) is 11.7. The van der Waals surface area contributed by atoms with Gasteiger partial charge in [-0.15, -0.1) is 0 Å². The molecule has 1 heterocycles. The Hall–Kier alpha value is -1.16. The topological polar surface area (TPSA) is 34.9 Å². The Kier molecular flexibility index (Phi) is 2.37. The third-order valence-electron chi connectivity index (χ3n) is 2.16. The Morgan fingerprint density at radius 2 is 2.00 bits per heavy atom. The molecule has 0 bridgehead atoms. The fourth-order valence-corrected chi connectivity index (χ4v) is 1.89. The van der Waals surface area contributed by atoms with Gasteiger partial charge in [-0.3, -0.25) is 4.79 Å². The summed E-state index contributed by atoms with van der Waals surface area (Å²) in [5, 5.41) is 6.48. The number of aromatic nitrogens is 2. The van der Waals surface area contributed by atoms with Crippen LogP contribution in [-0.4, -0.2) is 9.78 Å². The van der Waals surface area contributed by atoms with Crippen molar-refractivity contribution < 1.29 is 0 Å². The first-order valence-electron chi connectivity index (χ1n) is 4.25. The molecule has 4 heteroatoms. The lowest BCUT2D eigenvalue weighted by Crippen LogP contribution is -2.20. The Balaban J connectivity index is 2.97. The van der Waals surface area contributed by atoms with Crippen molar-refractivity contribution in [3.8, 4) is 0 Å². The maximum Gasteiger partial charge on any atom is 0.274 e.